The Morgan fingerprint density at radius 2 is 1.66 bits per heavy atom. The predicted octanol–water partition coefficient (Wildman–Crippen LogP) is 4.83. The molecule has 0 saturated heterocycles. The summed E-state index contributed by atoms with van der Waals surface area (Å²) < 4.78 is 71.1. The molecule has 0 fully saturated rings. The zero-order valence-corrected chi connectivity index (χ0v) is 17.6. The van der Waals surface area contributed by atoms with Gasteiger partial charge in [0.15, 0.2) is 6.61 Å². The lowest BCUT2D eigenvalue weighted by atomic mass is 10.2. The van der Waals surface area contributed by atoms with Crippen LogP contribution in [0, 0.1) is 6.92 Å². The van der Waals surface area contributed by atoms with E-state index in [1.54, 1.807) is 31.2 Å². The molecule has 0 atom stereocenters. The molecule has 10 heteroatoms. The maximum atomic E-state index is 12.7. The van der Waals surface area contributed by atoms with E-state index >= 15 is 0 Å². The first kappa shape index (κ1) is 23.1. The van der Waals surface area contributed by atoms with E-state index in [-0.39, 0.29) is 16.3 Å². The molecule has 3 aromatic rings. The number of para-hydroxylation sites is 1. The van der Waals surface area contributed by atoms with Crippen molar-refractivity contribution in [1.82, 2.24) is 0 Å². The Labute approximate surface area is 183 Å². The van der Waals surface area contributed by atoms with Gasteiger partial charge >= 0.3 is 6.18 Å². The molecule has 0 saturated carbocycles. The summed E-state index contributed by atoms with van der Waals surface area (Å²) in [6.07, 6.45) is -4.52. The molecule has 3 aromatic carbocycles. The van der Waals surface area contributed by atoms with E-state index in [4.69, 9.17) is 4.74 Å². The standard InChI is InChI=1S/C22H19F3N2O4S/c1-15-5-2-3-8-20(15)27-32(29,30)19-11-9-18(10-12-19)31-14-21(28)26-17-7-4-6-16(13-17)22(23,24)25/h2-13,27H,14H2,1H3,(H,26,28). The lowest BCUT2D eigenvalue weighted by molar-refractivity contribution is -0.137. The molecule has 3 rings (SSSR count). The summed E-state index contributed by atoms with van der Waals surface area (Å²) in [7, 11) is -3.82. The number of amides is 1. The first-order valence-corrected chi connectivity index (χ1v) is 10.8. The number of anilines is 2. The van der Waals surface area contributed by atoms with Gasteiger partial charge in [-0.1, -0.05) is 24.3 Å². The minimum Gasteiger partial charge on any atom is -0.484 e. The summed E-state index contributed by atoms with van der Waals surface area (Å²) in [6, 6.07) is 16.6. The van der Waals surface area contributed by atoms with E-state index in [2.05, 4.69) is 10.0 Å². The van der Waals surface area contributed by atoms with Crippen LogP contribution in [0.1, 0.15) is 11.1 Å². The van der Waals surface area contributed by atoms with Crippen molar-refractivity contribution in [3.63, 3.8) is 0 Å². The summed E-state index contributed by atoms with van der Waals surface area (Å²) in [5, 5.41) is 2.32. The number of carbonyl (C=O) groups excluding carboxylic acids is 1. The van der Waals surface area contributed by atoms with Gasteiger partial charge < -0.3 is 10.1 Å². The third-order valence-corrected chi connectivity index (χ3v) is 5.75. The van der Waals surface area contributed by atoms with Crippen LogP contribution in [-0.4, -0.2) is 20.9 Å². The summed E-state index contributed by atoms with van der Waals surface area (Å²) in [5.74, 6) is -0.443. The Morgan fingerprint density at radius 1 is 0.969 bits per heavy atom. The molecule has 0 aliphatic rings. The van der Waals surface area contributed by atoms with Gasteiger partial charge in [-0.15, -0.1) is 0 Å². The molecular weight excluding hydrogens is 445 g/mol. The van der Waals surface area contributed by atoms with Gasteiger partial charge in [0, 0.05) is 5.69 Å². The van der Waals surface area contributed by atoms with Gasteiger partial charge in [-0.25, -0.2) is 8.42 Å². The molecular formula is C22H19F3N2O4S. The van der Waals surface area contributed by atoms with Crippen LogP contribution in [0.5, 0.6) is 5.75 Å². The number of alkyl halides is 3. The number of nitrogens with one attached hydrogen (secondary N) is 2. The van der Waals surface area contributed by atoms with Crippen molar-refractivity contribution in [2.75, 3.05) is 16.6 Å². The minimum absolute atomic E-state index is 0.00141. The molecule has 0 heterocycles. The predicted molar refractivity (Wildman–Crippen MR) is 114 cm³/mol. The Kier molecular flexibility index (Phi) is 6.73. The molecule has 2 N–H and O–H groups in total. The summed E-state index contributed by atoms with van der Waals surface area (Å²) in [6.45, 7) is 1.31. The normalized spacial score (nSPS) is 11.6. The molecule has 1 amide bonds. The van der Waals surface area contributed by atoms with E-state index in [0.717, 1.165) is 17.7 Å². The van der Waals surface area contributed by atoms with Crippen molar-refractivity contribution in [3.8, 4) is 5.75 Å². The number of benzene rings is 3. The monoisotopic (exact) mass is 464 g/mol. The van der Waals surface area contributed by atoms with Crippen LogP contribution >= 0.6 is 0 Å². The zero-order valence-electron chi connectivity index (χ0n) is 16.8. The highest BCUT2D eigenvalue weighted by Gasteiger charge is 2.30. The van der Waals surface area contributed by atoms with Crippen LogP contribution < -0.4 is 14.8 Å². The smallest absolute Gasteiger partial charge is 0.416 e. The molecule has 0 aliphatic heterocycles. The van der Waals surface area contributed by atoms with Gasteiger partial charge in [-0.05, 0) is 61.0 Å². The number of hydrogen-bond donors (Lipinski definition) is 2. The van der Waals surface area contributed by atoms with E-state index in [9.17, 15) is 26.4 Å². The highest BCUT2D eigenvalue weighted by atomic mass is 32.2. The topological polar surface area (TPSA) is 84.5 Å². The molecule has 0 bridgehead atoms. The lowest BCUT2D eigenvalue weighted by Crippen LogP contribution is -2.20. The number of rotatable bonds is 7. The average molecular weight is 464 g/mol. The number of hydrogen-bond acceptors (Lipinski definition) is 4. The Balaban J connectivity index is 1.59. The van der Waals surface area contributed by atoms with Gasteiger partial charge in [-0.3, -0.25) is 9.52 Å². The number of sulfonamides is 1. The van der Waals surface area contributed by atoms with Crippen LogP contribution in [0.25, 0.3) is 0 Å². The fourth-order valence-electron chi connectivity index (χ4n) is 2.73. The Morgan fingerprint density at radius 3 is 2.31 bits per heavy atom. The molecule has 0 spiro atoms. The summed E-state index contributed by atoms with van der Waals surface area (Å²) in [5.41, 5.74) is 0.325. The maximum absolute atomic E-state index is 12.7. The highest BCUT2D eigenvalue weighted by molar-refractivity contribution is 7.92. The second kappa shape index (κ2) is 9.31. The molecule has 0 aliphatic carbocycles. The number of carbonyl (C=O) groups is 1. The largest absolute Gasteiger partial charge is 0.484 e. The van der Waals surface area contributed by atoms with Gasteiger partial charge in [0.05, 0.1) is 16.1 Å². The first-order valence-electron chi connectivity index (χ1n) is 9.33. The SMILES string of the molecule is Cc1ccccc1NS(=O)(=O)c1ccc(OCC(=O)Nc2cccc(C(F)(F)F)c2)cc1. The molecule has 6 nitrogen and oxygen atoms in total. The highest BCUT2D eigenvalue weighted by Crippen LogP contribution is 2.30. The molecule has 168 valence electrons. The summed E-state index contributed by atoms with van der Waals surface area (Å²) >= 11 is 0. The first-order chi connectivity index (χ1) is 15.0. The van der Waals surface area contributed by atoms with Crippen LogP contribution in [-0.2, 0) is 21.0 Å². The fraction of sp³-hybridized carbons (Fsp3) is 0.136. The Hall–Kier alpha value is -3.53. The van der Waals surface area contributed by atoms with Crippen molar-refractivity contribution in [3.05, 3.63) is 83.9 Å². The van der Waals surface area contributed by atoms with Gasteiger partial charge in [0.25, 0.3) is 15.9 Å². The van der Waals surface area contributed by atoms with Crippen LogP contribution in [0.2, 0.25) is 0 Å². The molecule has 0 aromatic heterocycles. The second-order valence-corrected chi connectivity index (χ2v) is 8.49. The van der Waals surface area contributed by atoms with Crippen molar-refractivity contribution in [2.45, 2.75) is 18.0 Å². The van der Waals surface area contributed by atoms with Crippen LogP contribution in [0.4, 0.5) is 24.5 Å². The minimum atomic E-state index is -4.52. The van der Waals surface area contributed by atoms with Gasteiger partial charge in [0.1, 0.15) is 5.75 Å². The maximum Gasteiger partial charge on any atom is 0.416 e. The van der Waals surface area contributed by atoms with Crippen LogP contribution in [0.3, 0.4) is 0 Å². The molecule has 0 unspecified atom stereocenters. The molecule has 0 radical (unpaired) electrons. The van der Waals surface area contributed by atoms with Crippen LogP contribution in [0.15, 0.2) is 77.7 Å². The summed E-state index contributed by atoms with van der Waals surface area (Å²) in [4.78, 5) is 12.0. The third-order valence-electron chi connectivity index (χ3n) is 4.37. The fourth-order valence-corrected chi connectivity index (χ4v) is 3.86. The van der Waals surface area contributed by atoms with Crippen molar-refractivity contribution in [1.29, 1.82) is 0 Å². The number of aryl methyl sites for hydroxylation is 1. The van der Waals surface area contributed by atoms with Gasteiger partial charge in [-0.2, -0.15) is 13.2 Å². The van der Waals surface area contributed by atoms with E-state index < -0.39 is 34.3 Å². The lowest BCUT2D eigenvalue weighted by Gasteiger charge is -2.12. The van der Waals surface area contributed by atoms with Gasteiger partial charge in [0.2, 0.25) is 0 Å². The zero-order chi connectivity index (χ0) is 23.4. The van der Waals surface area contributed by atoms with Crippen molar-refractivity contribution < 1.29 is 31.1 Å². The van der Waals surface area contributed by atoms with E-state index in [1.165, 1.54) is 36.4 Å². The second-order valence-electron chi connectivity index (χ2n) is 6.81. The number of ether oxygens (including phenoxy) is 1. The quantitative estimate of drug-likeness (QED) is 0.525. The van der Waals surface area contributed by atoms with Crippen molar-refractivity contribution in [2.24, 2.45) is 0 Å². The average Bonchev–Trinajstić information content (AvgIpc) is 2.74. The number of halogens is 3. The van der Waals surface area contributed by atoms with E-state index in [0.29, 0.717) is 5.69 Å². The third kappa shape index (κ3) is 6.01. The van der Waals surface area contributed by atoms with E-state index in [1.807, 2.05) is 0 Å². The Bertz CT molecular complexity index is 1210. The van der Waals surface area contributed by atoms with Crippen molar-refractivity contribution >= 4 is 27.3 Å². The molecule has 32 heavy (non-hydrogen) atoms.